The summed E-state index contributed by atoms with van der Waals surface area (Å²) in [6.07, 6.45) is -0.307. The summed E-state index contributed by atoms with van der Waals surface area (Å²) in [5.74, 6) is 0. The third-order valence-corrected chi connectivity index (χ3v) is 6.62. The largest absolute Gasteiger partial charge is 0.387 e. The fourth-order valence-corrected chi connectivity index (χ4v) is 5.01. The highest BCUT2D eigenvalue weighted by atomic mass is 28.3. The SMILES string of the molecule is C[Si](C)[C@@]1(n2cnc3c(=O)[nH]cnc32)O[C@H](COC(C)(C)C)[C@@H](O)[C@H]1O. The number of fused-ring (bicyclic) bond motifs is 1. The van der Waals surface area contributed by atoms with Gasteiger partial charge in [-0.1, -0.05) is 13.1 Å². The van der Waals surface area contributed by atoms with Crippen LogP contribution in [0.3, 0.4) is 0 Å². The van der Waals surface area contributed by atoms with E-state index in [1.807, 2.05) is 33.9 Å². The molecule has 2 aromatic rings. The fraction of sp³-hybridized carbons (Fsp3) is 0.688. The average molecular weight is 381 g/mol. The standard InChI is InChI=1S/C16H25N4O5Si/c1-15(2,3)24-6-9-11(21)12(22)16(25-9,26(4)5)20-8-19-10-13(20)17-7-18-14(10)23/h7-9,11-12,21-22H,6H2,1-5H3,(H,17,18,23)/t9-,11-,12-,16+/m1/s1. The molecule has 0 spiro atoms. The highest BCUT2D eigenvalue weighted by Crippen LogP contribution is 2.39. The fourth-order valence-electron chi connectivity index (χ4n) is 3.21. The predicted octanol–water partition coefficient (Wildman–Crippen LogP) is 0.00170. The topological polar surface area (TPSA) is 122 Å². The van der Waals surface area contributed by atoms with Crippen LogP contribution < -0.4 is 5.56 Å². The van der Waals surface area contributed by atoms with Crippen molar-refractivity contribution in [2.24, 2.45) is 0 Å². The maximum atomic E-state index is 12.0. The van der Waals surface area contributed by atoms with Gasteiger partial charge in [0.2, 0.25) is 0 Å². The van der Waals surface area contributed by atoms with Gasteiger partial charge in [-0.15, -0.1) is 0 Å². The van der Waals surface area contributed by atoms with Crippen molar-refractivity contribution in [3.05, 3.63) is 23.0 Å². The second kappa shape index (κ2) is 6.53. The van der Waals surface area contributed by atoms with E-state index in [1.54, 1.807) is 4.57 Å². The lowest BCUT2D eigenvalue weighted by Crippen LogP contribution is -2.54. The molecule has 1 aliphatic rings. The van der Waals surface area contributed by atoms with Crippen LogP contribution in [0.15, 0.2) is 17.4 Å². The van der Waals surface area contributed by atoms with Crippen LogP contribution in [0.25, 0.3) is 11.2 Å². The third-order valence-electron chi connectivity index (χ3n) is 4.53. The Morgan fingerprint density at radius 2 is 2.08 bits per heavy atom. The van der Waals surface area contributed by atoms with Gasteiger partial charge in [0, 0.05) is 0 Å². The molecule has 143 valence electrons. The second-order valence-corrected chi connectivity index (χ2v) is 10.4. The van der Waals surface area contributed by atoms with E-state index in [1.165, 1.54) is 12.7 Å². The Balaban J connectivity index is 2.05. The Morgan fingerprint density at radius 1 is 1.38 bits per heavy atom. The van der Waals surface area contributed by atoms with Gasteiger partial charge in [0.15, 0.2) is 16.5 Å². The summed E-state index contributed by atoms with van der Waals surface area (Å²) < 4.78 is 13.5. The summed E-state index contributed by atoms with van der Waals surface area (Å²) in [6, 6.07) is 0. The number of aromatic nitrogens is 4. The molecule has 3 rings (SSSR count). The summed E-state index contributed by atoms with van der Waals surface area (Å²) in [7, 11) is -1.38. The molecule has 0 aromatic carbocycles. The van der Waals surface area contributed by atoms with E-state index in [4.69, 9.17) is 9.47 Å². The Kier molecular flexibility index (Phi) is 4.82. The molecule has 0 saturated carbocycles. The van der Waals surface area contributed by atoms with Crippen molar-refractivity contribution in [3.63, 3.8) is 0 Å². The maximum Gasteiger partial charge on any atom is 0.278 e. The smallest absolute Gasteiger partial charge is 0.278 e. The molecule has 0 unspecified atom stereocenters. The molecule has 1 aliphatic heterocycles. The van der Waals surface area contributed by atoms with Gasteiger partial charge < -0.3 is 24.7 Å². The van der Waals surface area contributed by atoms with Crippen molar-refractivity contribution in [1.29, 1.82) is 0 Å². The summed E-state index contributed by atoms with van der Waals surface area (Å²) in [6.45, 7) is 9.80. The van der Waals surface area contributed by atoms with Gasteiger partial charge in [-0.2, -0.15) is 0 Å². The molecule has 3 N–H and O–H groups in total. The monoisotopic (exact) mass is 381 g/mol. The number of nitrogens with one attached hydrogen (secondary N) is 1. The van der Waals surface area contributed by atoms with E-state index < -0.39 is 38.1 Å². The van der Waals surface area contributed by atoms with Crippen molar-refractivity contribution in [1.82, 2.24) is 19.5 Å². The number of ether oxygens (including phenoxy) is 2. The highest BCUT2D eigenvalue weighted by molar-refractivity contribution is 6.58. The van der Waals surface area contributed by atoms with Gasteiger partial charge in [0.05, 0.1) is 24.9 Å². The van der Waals surface area contributed by atoms with Crippen LogP contribution in [-0.2, 0) is 14.8 Å². The first-order valence-corrected chi connectivity index (χ1v) is 11.0. The molecular formula is C16H25N4O5Si. The van der Waals surface area contributed by atoms with Crippen molar-refractivity contribution >= 4 is 20.0 Å². The van der Waals surface area contributed by atoms with E-state index in [9.17, 15) is 15.0 Å². The Labute approximate surface area is 152 Å². The second-order valence-electron chi connectivity index (χ2n) is 7.73. The number of aromatic amines is 1. The average Bonchev–Trinajstić information content (AvgIpc) is 3.08. The first kappa shape index (κ1) is 19.2. The summed E-state index contributed by atoms with van der Waals surface area (Å²) in [5.41, 5.74) is -0.300. The highest BCUT2D eigenvalue weighted by Gasteiger charge is 2.58. The molecule has 1 fully saturated rings. The van der Waals surface area contributed by atoms with Crippen LogP contribution >= 0.6 is 0 Å². The van der Waals surface area contributed by atoms with Crippen LogP contribution in [0, 0.1) is 0 Å². The molecule has 1 saturated heterocycles. The minimum Gasteiger partial charge on any atom is -0.387 e. The van der Waals surface area contributed by atoms with E-state index >= 15 is 0 Å². The van der Waals surface area contributed by atoms with Gasteiger partial charge in [-0.25, -0.2) is 9.97 Å². The number of H-pyrrole nitrogens is 1. The lowest BCUT2D eigenvalue weighted by molar-refractivity contribution is -0.118. The summed E-state index contributed by atoms with van der Waals surface area (Å²) >= 11 is 0. The van der Waals surface area contributed by atoms with Gasteiger partial charge in [0.1, 0.15) is 27.1 Å². The number of imidazole rings is 1. The quantitative estimate of drug-likeness (QED) is 0.637. The molecule has 10 heteroatoms. The number of rotatable bonds is 4. The van der Waals surface area contributed by atoms with E-state index in [0.717, 1.165) is 0 Å². The number of hydrogen-bond donors (Lipinski definition) is 3. The third kappa shape index (κ3) is 3.01. The maximum absolute atomic E-state index is 12.0. The van der Waals surface area contributed by atoms with Gasteiger partial charge in [-0.05, 0) is 20.8 Å². The van der Waals surface area contributed by atoms with Crippen molar-refractivity contribution in [2.45, 2.75) is 63.1 Å². The molecule has 0 amide bonds. The molecule has 2 aromatic heterocycles. The minimum absolute atomic E-state index is 0.138. The molecule has 0 aliphatic carbocycles. The van der Waals surface area contributed by atoms with E-state index in [-0.39, 0.29) is 17.7 Å². The van der Waals surface area contributed by atoms with Crippen molar-refractivity contribution < 1.29 is 19.7 Å². The van der Waals surface area contributed by atoms with Gasteiger partial charge in [0.25, 0.3) is 5.56 Å². The Hall–Kier alpha value is -1.59. The molecule has 0 bridgehead atoms. The molecular weight excluding hydrogens is 356 g/mol. The van der Waals surface area contributed by atoms with E-state index in [0.29, 0.717) is 5.65 Å². The number of hydrogen-bond acceptors (Lipinski definition) is 7. The molecule has 3 heterocycles. The van der Waals surface area contributed by atoms with Crippen LogP contribution in [0.5, 0.6) is 0 Å². The number of aliphatic hydroxyl groups is 2. The minimum atomic E-state index is -1.38. The zero-order valence-corrected chi connectivity index (χ0v) is 16.6. The lowest BCUT2D eigenvalue weighted by atomic mass is 10.1. The van der Waals surface area contributed by atoms with Crippen LogP contribution in [-0.4, -0.2) is 69.0 Å². The Bertz CT molecular complexity index is 845. The lowest BCUT2D eigenvalue weighted by Gasteiger charge is -2.36. The predicted molar refractivity (Wildman–Crippen MR) is 96.2 cm³/mol. The molecule has 1 radical (unpaired) electrons. The molecule has 26 heavy (non-hydrogen) atoms. The zero-order valence-electron chi connectivity index (χ0n) is 15.6. The Morgan fingerprint density at radius 3 is 2.69 bits per heavy atom. The first-order chi connectivity index (χ1) is 12.1. The molecule has 9 nitrogen and oxygen atoms in total. The van der Waals surface area contributed by atoms with Crippen molar-refractivity contribution in [3.8, 4) is 0 Å². The summed E-state index contributed by atoms with van der Waals surface area (Å²) in [4.78, 5) is 22.8. The van der Waals surface area contributed by atoms with Crippen LogP contribution in [0.1, 0.15) is 20.8 Å². The van der Waals surface area contributed by atoms with Gasteiger partial charge in [-0.3, -0.25) is 9.36 Å². The van der Waals surface area contributed by atoms with Gasteiger partial charge >= 0.3 is 0 Å². The number of nitrogens with zero attached hydrogens (tertiary/aromatic N) is 3. The molecule has 4 atom stereocenters. The van der Waals surface area contributed by atoms with E-state index in [2.05, 4.69) is 15.0 Å². The normalized spacial score (nSPS) is 29.8. The summed E-state index contributed by atoms with van der Waals surface area (Å²) in [5, 5.41) is 20.3. The van der Waals surface area contributed by atoms with Crippen LogP contribution in [0.2, 0.25) is 13.1 Å². The first-order valence-electron chi connectivity index (χ1n) is 8.47. The number of aliphatic hydroxyl groups excluding tert-OH is 2. The van der Waals surface area contributed by atoms with Crippen molar-refractivity contribution in [2.75, 3.05) is 6.61 Å². The van der Waals surface area contributed by atoms with Crippen LogP contribution in [0.4, 0.5) is 0 Å². The zero-order chi connectivity index (χ0) is 19.3.